The number of likely N-dealkylation sites (N-methyl/N-ethyl adjacent to an activating group) is 2. The van der Waals surface area contributed by atoms with Gasteiger partial charge in [0.2, 0.25) is 0 Å². The van der Waals surface area contributed by atoms with Gasteiger partial charge in [0.1, 0.15) is 0 Å². The first-order valence-corrected chi connectivity index (χ1v) is 7.28. The first kappa shape index (κ1) is 15.9. The first-order valence-electron chi connectivity index (χ1n) is 7.28. The number of nitrogens with zero attached hydrogens (tertiary/aromatic N) is 2. The van der Waals surface area contributed by atoms with Crippen molar-refractivity contribution in [2.45, 2.75) is 38.8 Å². The molecular formula is C14H31N3O. The monoisotopic (exact) mass is 257 g/mol. The molecule has 0 bridgehead atoms. The van der Waals surface area contributed by atoms with Crippen LogP contribution in [0.1, 0.15) is 26.7 Å². The lowest BCUT2D eigenvalue weighted by Gasteiger charge is -2.41. The highest BCUT2D eigenvalue weighted by Crippen LogP contribution is 2.23. The van der Waals surface area contributed by atoms with Crippen molar-refractivity contribution < 1.29 is 4.74 Å². The predicted molar refractivity (Wildman–Crippen MR) is 76.8 cm³/mol. The Morgan fingerprint density at radius 3 is 2.33 bits per heavy atom. The molecule has 0 aliphatic carbocycles. The van der Waals surface area contributed by atoms with E-state index in [9.17, 15) is 0 Å². The van der Waals surface area contributed by atoms with Crippen molar-refractivity contribution in [2.75, 3.05) is 46.9 Å². The summed E-state index contributed by atoms with van der Waals surface area (Å²) in [5.74, 6) is 0.702. The van der Waals surface area contributed by atoms with Gasteiger partial charge in [-0.25, -0.2) is 0 Å². The Morgan fingerprint density at radius 2 is 1.89 bits per heavy atom. The van der Waals surface area contributed by atoms with E-state index < -0.39 is 0 Å². The summed E-state index contributed by atoms with van der Waals surface area (Å²) in [5.41, 5.74) is 6.05. The van der Waals surface area contributed by atoms with Gasteiger partial charge in [-0.3, -0.25) is 4.90 Å². The molecule has 2 unspecified atom stereocenters. The molecule has 0 amide bonds. The lowest BCUT2D eigenvalue weighted by atomic mass is 9.89. The fraction of sp³-hybridized carbons (Fsp3) is 1.00. The van der Waals surface area contributed by atoms with Gasteiger partial charge in [-0.2, -0.15) is 0 Å². The highest BCUT2D eigenvalue weighted by molar-refractivity contribution is 4.85. The molecule has 4 nitrogen and oxygen atoms in total. The molecule has 2 atom stereocenters. The molecule has 0 aromatic rings. The smallest absolute Gasteiger partial charge is 0.0469 e. The van der Waals surface area contributed by atoms with Crippen molar-refractivity contribution in [3.63, 3.8) is 0 Å². The van der Waals surface area contributed by atoms with Crippen LogP contribution in [0.3, 0.4) is 0 Å². The van der Waals surface area contributed by atoms with Crippen molar-refractivity contribution in [3.8, 4) is 0 Å². The molecule has 1 aliphatic heterocycles. The normalized spacial score (nSPS) is 21.5. The third-order valence-corrected chi connectivity index (χ3v) is 4.04. The summed E-state index contributed by atoms with van der Waals surface area (Å²) in [7, 11) is 4.27. The third kappa shape index (κ3) is 4.50. The van der Waals surface area contributed by atoms with Crippen LogP contribution in [-0.2, 0) is 4.74 Å². The molecule has 1 aliphatic rings. The average Bonchev–Trinajstić information content (AvgIpc) is 2.35. The maximum Gasteiger partial charge on any atom is 0.0469 e. The third-order valence-electron chi connectivity index (χ3n) is 4.04. The highest BCUT2D eigenvalue weighted by Gasteiger charge is 2.29. The van der Waals surface area contributed by atoms with Gasteiger partial charge in [-0.15, -0.1) is 0 Å². The molecule has 18 heavy (non-hydrogen) atoms. The number of hydrogen-bond donors (Lipinski definition) is 1. The predicted octanol–water partition coefficient (Wildman–Crippen LogP) is 1.01. The number of rotatable bonds is 7. The molecule has 1 heterocycles. The number of hydrogen-bond acceptors (Lipinski definition) is 4. The van der Waals surface area contributed by atoms with Gasteiger partial charge in [0.05, 0.1) is 0 Å². The largest absolute Gasteiger partial charge is 0.381 e. The van der Waals surface area contributed by atoms with Crippen molar-refractivity contribution in [2.24, 2.45) is 11.7 Å². The van der Waals surface area contributed by atoms with Crippen LogP contribution < -0.4 is 5.73 Å². The Kier molecular flexibility index (Phi) is 7.15. The summed E-state index contributed by atoms with van der Waals surface area (Å²) < 4.78 is 5.47. The zero-order valence-electron chi connectivity index (χ0n) is 12.6. The summed E-state index contributed by atoms with van der Waals surface area (Å²) >= 11 is 0. The van der Waals surface area contributed by atoms with Crippen molar-refractivity contribution in [1.29, 1.82) is 0 Å². The molecule has 1 fully saturated rings. The molecule has 0 spiro atoms. The van der Waals surface area contributed by atoms with E-state index in [0.717, 1.165) is 45.7 Å². The van der Waals surface area contributed by atoms with E-state index >= 15 is 0 Å². The minimum absolute atomic E-state index is 0.508. The second-order valence-electron chi connectivity index (χ2n) is 5.69. The van der Waals surface area contributed by atoms with Gasteiger partial charge in [-0.05, 0) is 46.3 Å². The SMILES string of the molecule is CCN(C(C)CN(C)C)C(CN)C1CCOCC1. The van der Waals surface area contributed by atoms with E-state index in [0.29, 0.717) is 18.0 Å². The summed E-state index contributed by atoms with van der Waals surface area (Å²) in [6, 6.07) is 1.07. The van der Waals surface area contributed by atoms with Crippen molar-refractivity contribution in [1.82, 2.24) is 9.80 Å². The van der Waals surface area contributed by atoms with E-state index in [2.05, 4.69) is 37.7 Å². The van der Waals surface area contributed by atoms with Crippen LogP contribution in [-0.4, -0.2) is 68.8 Å². The van der Waals surface area contributed by atoms with E-state index in [1.807, 2.05) is 0 Å². The zero-order chi connectivity index (χ0) is 13.5. The van der Waals surface area contributed by atoms with Crippen LogP contribution in [0.5, 0.6) is 0 Å². The Hall–Kier alpha value is -0.160. The van der Waals surface area contributed by atoms with Crippen LogP contribution in [0, 0.1) is 5.92 Å². The number of nitrogens with two attached hydrogens (primary N) is 1. The Labute approximate surface area is 112 Å². The summed E-state index contributed by atoms with van der Waals surface area (Å²) in [4.78, 5) is 4.83. The molecule has 1 rings (SSSR count). The molecule has 1 saturated heterocycles. The fourth-order valence-electron chi connectivity index (χ4n) is 3.21. The maximum absolute atomic E-state index is 6.05. The standard InChI is InChI=1S/C14H31N3O/c1-5-17(12(2)11-16(3)4)14(10-15)13-6-8-18-9-7-13/h12-14H,5-11,15H2,1-4H3. The summed E-state index contributed by atoms with van der Waals surface area (Å²) in [6.45, 7) is 9.29. The van der Waals surface area contributed by atoms with Gasteiger partial charge in [-0.1, -0.05) is 6.92 Å². The van der Waals surface area contributed by atoms with Crippen LogP contribution in [0.2, 0.25) is 0 Å². The van der Waals surface area contributed by atoms with Gasteiger partial charge in [0.15, 0.2) is 0 Å². The molecule has 108 valence electrons. The second kappa shape index (κ2) is 8.10. The lowest BCUT2D eigenvalue weighted by Crippen LogP contribution is -2.53. The van der Waals surface area contributed by atoms with Crippen LogP contribution in [0.4, 0.5) is 0 Å². The number of ether oxygens (including phenoxy) is 1. The molecule has 4 heteroatoms. The van der Waals surface area contributed by atoms with Gasteiger partial charge in [0.25, 0.3) is 0 Å². The topological polar surface area (TPSA) is 41.7 Å². The van der Waals surface area contributed by atoms with Crippen molar-refractivity contribution >= 4 is 0 Å². The summed E-state index contributed by atoms with van der Waals surface area (Å²) in [6.07, 6.45) is 2.32. The first-order chi connectivity index (χ1) is 8.60. The lowest BCUT2D eigenvalue weighted by molar-refractivity contribution is 0.0152. The molecule has 0 radical (unpaired) electrons. The minimum Gasteiger partial charge on any atom is -0.381 e. The molecule has 0 saturated carbocycles. The zero-order valence-corrected chi connectivity index (χ0v) is 12.6. The van der Waals surface area contributed by atoms with E-state index in [1.165, 1.54) is 0 Å². The van der Waals surface area contributed by atoms with Crippen molar-refractivity contribution in [3.05, 3.63) is 0 Å². The van der Waals surface area contributed by atoms with Gasteiger partial charge >= 0.3 is 0 Å². The summed E-state index contributed by atoms with van der Waals surface area (Å²) in [5, 5.41) is 0. The Morgan fingerprint density at radius 1 is 1.28 bits per heavy atom. The molecule has 2 N–H and O–H groups in total. The molecule has 0 aromatic heterocycles. The Balaban J connectivity index is 2.63. The second-order valence-corrected chi connectivity index (χ2v) is 5.69. The van der Waals surface area contributed by atoms with Crippen LogP contribution in [0.15, 0.2) is 0 Å². The van der Waals surface area contributed by atoms with E-state index in [-0.39, 0.29) is 0 Å². The molecular weight excluding hydrogens is 226 g/mol. The van der Waals surface area contributed by atoms with Crippen LogP contribution in [0.25, 0.3) is 0 Å². The molecule has 0 aromatic carbocycles. The van der Waals surface area contributed by atoms with E-state index in [4.69, 9.17) is 10.5 Å². The Bertz CT molecular complexity index is 217. The highest BCUT2D eigenvalue weighted by atomic mass is 16.5. The maximum atomic E-state index is 6.05. The fourth-order valence-corrected chi connectivity index (χ4v) is 3.21. The quantitative estimate of drug-likeness (QED) is 0.739. The van der Waals surface area contributed by atoms with Gasteiger partial charge < -0.3 is 15.4 Å². The van der Waals surface area contributed by atoms with E-state index in [1.54, 1.807) is 0 Å². The minimum atomic E-state index is 0.508. The average molecular weight is 257 g/mol. The van der Waals surface area contributed by atoms with Gasteiger partial charge in [0, 0.05) is 38.4 Å². The van der Waals surface area contributed by atoms with Crippen LogP contribution >= 0.6 is 0 Å².